The minimum absolute atomic E-state index is 0.0378. The second-order valence-electron chi connectivity index (χ2n) is 4.44. The number of carboxylic acids is 1. The summed E-state index contributed by atoms with van der Waals surface area (Å²) >= 11 is 0. The van der Waals surface area contributed by atoms with Gasteiger partial charge in [-0.05, 0) is 43.2 Å². The Balaban J connectivity index is 2.74. The first kappa shape index (κ1) is 13.2. The first-order valence-electron chi connectivity index (χ1n) is 5.70. The Bertz CT molecular complexity index is 663. The molecule has 0 aliphatic heterocycles. The molecule has 0 bridgehead atoms. The van der Waals surface area contributed by atoms with Crippen LogP contribution in [-0.4, -0.2) is 11.1 Å². The van der Waals surface area contributed by atoms with E-state index >= 15 is 0 Å². The maximum Gasteiger partial charge on any atom is 0.336 e. The summed E-state index contributed by atoms with van der Waals surface area (Å²) in [7, 11) is 0. The molecule has 4 heteroatoms. The molecule has 0 saturated heterocycles. The first-order valence-corrected chi connectivity index (χ1v) is 5.70. The third-order valence-electron chi connectivity index (χ3n) is 2.94. The normalized spacial score (nSPS) is 10.5. The van der Waals surface area contributed by atoms with Crippen LogP contribution in [0.15, 0.2) is 30.3 Å². The zero-order chi connectivity index (χ0) is 14.2. The topological polar surface area (TPSA) is 37.3 Å². The molecule has 0 atom stereocenters. The second-order valence-corrected chi connectivity index (χ2v) is 4.44. The lowest BCUT2D eigenvalue weighted by Gasteiger charge is -2.10. The zero-order valence-electron chi connectivity index (χ0n) is 10.5. The van der Waals surface area contributed by atoms with E-state index in [-0.39, 0.29) is 22.3 Å². The predicted molar refractivity (Wildman–Crippen MR) is 68.2 cm³/mol. The van der Waals surface area contributed by atoms with Gasteiger partial charge in [0.2, 0.25) is 0 Å². The summed E-state index contributed by atoms with van der Waals surface area (Å²) in [5, 5.41) is 9.12. The summed E-state index contributed by atoms with van der Waals surface area (Å²) in [4.78, 5) is 11.2. The number of aromatic carboxylic acids is 1. The van der Waals surface area contributed by atoms with Gasteiger partial charge in [-0.15, -0.1) is 0 Å². The summed E-state index contributed by atoms with van der Waals surface area (Å²) in [5.41, 5.74) is 1.06. The average molecular weight is 262 g/mol. The molecule has 0 radical (unpaired) electrons. The fraction of sp³-hybridized carbons (Fsp3) is 0.133. The largest absolute Gasteiger partial charge is 0.478 e. The number of halogens is 2. The van der Waals surface area contributed by atoms with Crippen LogP contribution in [0, 0.1) is 25.5 Å². The highest BCUT2D eigenvalue weighted by Crippen LogP contribution is 2.29. The standard InChI is InChI=1S/C15H12F2O2/c1-8-3-4-10(15(18)19)11(5-8)12-7-13(16)9(2)6-14(12)17/h3-7H,1-2H3,(H,18,19). The van der Waals surface area contributed by atoms with Crippen LogP contribution in [0.4, 0.5) is 8.78 Å². The van der Waals surface area contributed by atoms with E-state index in [1.807, 2.05) is 0 Å². The van der Waals surface area contributed by atoms with E-state index in [0.717, 1.165) is 17.7 Å². The average Bonchev–Trinajstić information content (AvgIpc) is 2.33. The fourth-order valence-corrected chi connectivity index (χ4v) is 1.92. The highest BCUT2D eigenvalue weighted by Gasteiger charge is 2.16. The van der Waals surface area contributed by atoms with Crippen LogP contribution >= 0.6 is 0 Å². The van der Waals surface area contributed by atoms with Gasteiger partial charge in [-0.3, -0.25) is 0 Å². The Kier molecular flexibility index (Phi) is 3.34. The second kappa shape index (κ2) is 4.80. The Morgan fingerprint density at radius 3 is 2.32 bits per heavy atom. The molecule has 2 rings (SSSR count). The summed E-state index contributed by atoms with van der Waals surface area (Å²) in [6.07, 6.45) is 0. The van der Waals surface area contributed by atoms with Crippen LogP contribution < -0.4 is 0 Å². The van der Waals surface area contributed by atoms with Crippen molar-refractivity contribution in [1.82, 2.24) is 0 Å². The molecule has 0 aromatic heterocycles. The van der Waals surface area contributed by atoms with Gasteiger partial charge in [0.1, 0.15) is 11.6 Å². The van der Waals surface area contributed by atoms with Crippen molar-refractivity contribution in [3.63, 3.8) is 0 Å². The molecular formula is C15H12F2O2. The van der Waals surface area contributed by atoms with Gasteiger partial charge in [-0.2, -0.15) is 0 Å². The van der Waals surface area contributed by atoms with Crippen molar-refractivity contribution in [2.45, 2.75) is 13.8 Å². The molecule has 0 fully saturated rings. The van der Waals surface area contributed by atoms with Crippen molar-refractivity contribution in [1.29, 1.82) is 0 Å². The quantitative estimate of drug-likeness (QED) is 0.889. The van der Waals surface area contributed by atoms with Crippen molar-refractivity contribution in [3.8, 4) is 11.1 Å². The van der Waals surface area contributed by atoms with Gasteiger partial charge < -0.3 is 5.11 Å². The van der Waals surface area contributed by atoms with Gasteiger partial charge in [0.15, 0.2) is 0 Å². The molecule has 0 heterocycles. The number of hydrogen-bond acceptors (Lipinski definition) is 1. The molecule has 0 unspecified atom stereocenters. The van der Waals surface area contributed by atoms with Crippen LogP contribution in [0.1, 0.15) is 21.5 Å². The van der Waals surface area contributed by atoms with Crippen LogP contribution in [0.3, 0.4) is 0 Å². The van der Waals surface area contributed by atoms with E-state index in [2.05, 4.69) is 0 Å². The van der Waals surface area contributed by atoms with E-state index in [1.54, 1.807) is 13.0 Å². The molecule has 0 spiro atoms. The van der Waals surface area contributed by atoms with Crippen molar-refractivity contribution < 1.29 is 18.7 Å². The maximum absolute atomic E-state index is 13.9. The lowest BCUT2D eigenvalue weighted by molar-refractivity contribution is 0.0697. The van der Waals surface area contributed by atoms with E-state index in [4.69, 9.17) is 5.11 Å². The fourth-order valence-electron chi connectivity index (χ4n) is 1.92. The van der Waals surface area contributed by atoms with E-state index in [9.17, 15) is 13.6 Å². The van der Waals surface area contributed by atoms with Gasteiger partial charge in [0.05, 0.1) is 5.56 Å². The molecule has 0 aliphatic rings. The third-order valence-corrected chi connectivity index (χ3v) is 2.94. The predicted octanol–water partition coefficient (Wildman–Crippen LogP) is 3.95. The van der Waals surface area contributed by atoms with Gasteiger partial charge >= 0.3 is 5.97 Å². The molecule has 98 valence electrons. The number of benzene rings is 2. The Morgan fingerprint density at radius 1 is 1.00 bits per heavy atom. The van der Waals surface area contributed by atoms with E-state index < -0.39 is 17.6 Å². The minimum atomic E-state index is -1.17. The summed E-state index contributed by atoms with van der Waals surface area (Å²) in [6, 6.07) is 6.65. The molecule has 2 aromatic rings. The Morgan fingerprint density at radius 2 is 1.68 bits per heavy atom. The van der Waals surface area contributed by atoms with Gasteiger partial charge in [-0.1, -0.05) is 17.7 Å². The van der Waals surface area contributed by atoms with Gasteiger partial charge in [-0.25, -0.2) is 13.6 Å². The number of rotatable bonds is 2. The number of carbonyl (C=O) groups is 1. The van der Waals surface area contributed by atoms with Crippen molar-refractivity contribution >= 4 is 5.97 Å². The minimum Gasteiger partial charge on any atom is -0.478 e. The van der Waals surface area contributed by atoms with Crippen molar-refractivity contribution in [2.24, 2.45) is 0 Å². The molecular weight excluding hydrogens is 250 g/mol. The van der Waals surface area contributed by atoms with Crippen molar-refractivity contribution in [2.75, 3.05) is 0 Å². The Hall–Kier alpha value is -2.23. The number of aryl methyl sites for hydroxylation is 2. The first-order chi connectivity index (χ1) is 8.90. The van der Waals surface area contributed by atoms with Crippen LogP contribution in [-0.2, 0) is 0 Å². The highest BCUT2D eigenvalue weighted by molar-refractivity contribution is 5.96. The monoisotopic (exact) mass is 262 g/mol. The smallest absolute Gasteiger partial charge is 0.336 e. The third kappa shape index (κ3) is 2.47. The molecule has 0 amide bonds. The lowest BCUT2D eigenvalue weighted by Crippen LogP contribution is -2.01. The van der Waals surface area contributed by atoms with Crippen LogP contribution in [0.25, 0.3) is 11.1 Å². The molecule has 2 aromatic carbocycles. The summed E-state index contributed by atoms with van der Waals surface area (Å²) in [5.74, 6) is -2.36. The SMILES string of the molecule is Cc1ccc(C(=O)O)c(-c2cc(F)c(C)cc2F)c1. The molecule has 0 aliphatic carbocycles. The number of hydrogen-bond donors (Lipinski definition) is 1. The van der Waals surface area contributed by atoms with Crippen LogP contribution in [0.2, 0.25) is 0 Å². The maximum atomic E-state index is 13.9. The van der Waals surface area contributed by atoms with E-state index in [1.165, 1.54) is 19.1 Å². The summed E-state index contributed by atoms with van der Waals surface area (Å²) in [6.45, 7) is 3.22. The highest BCUT2D eigenvalue weighted by atomic mass is 19.1. The zero-order valence-corrected chi connectivity index (χ0v) is 10.5. The lowest BCUT2D eigenvalue weighted by atomic mass is 9.96. The molecule has 19 heavy (non-hydrogen) atoms. The Labute approximate surface area is 109 Å². The van der Waals surface area contributed by atoms with Crippen LogP contribution in [0.5, 0.6) is 0 Å². The molecule has 2 nitrogen and oxygen atoms in total. The van der Waals surface area contributed by atoms with Crippen molar-refractivity contribution in [3.05, 3.63) is 58.7 Å². The van der Waals surface area contributed by atoms with E-state index in [0.29, 0.717) is 0 Å². The molecule has 0 saturated carbocycles. The van der Waals surface area contributed by atoms with Gasteiger partial charge in [0.25, 0.3) is 0 Å². The summed E-state index contributed by atoms with van der Waals surface area (Å²) < 4.78 is 27.5. The van der Waals surface area contributed by atoms with Gasteiger partial charge in [0, 0.05) is 5.56 Å². The number of carboxylic acid groups (broad SMARTS) is 1. The molecule has 1 N–H and O–H groups in total.